The molecule has 66 heavy (non-hydrogen) atoms. The first-order valence-electron chi connectivity index (χ1n) is 22.6. The van der Waals surface area contributed by atoms with Crippen LogP contribution in [0.4, 0.5) is 33.3 Å². The van der Waals surface area contributed by atoms with Crippen molar-refractivity contribution in [3.05, 3.63) is 119 Å². The number of carbonyl (C=O) groups is 2. The normalized spacial score (nSPS) is 23.0. The number of hydrogen-bond acceptors (Lipinski definition) is 10. The molecular weight excluding hydrogens is 860 g/mol. The number of nitrogens with zero attached hydrogens (tertiary/aromatic N) is 6. The number of benzene rings is 1. The molecule has 0 spiro atoms. The van der Waals surface area contributed by atoms with Gasteiger partial charge < -0.3 is 20.1 Å². The van der Waals surface area contributed by atoms with Crippen molar-refractivity contribution < 1.29 is 41.0 Å². The van der Waals surface area contributed by atoms with E-state index in [1.54, 1.807) is 43.6 Å². The highest BCUT2D eigenvalue weighted by molar-refractivity contribution is 6.07. The van der Waals surface area contributed by atoms with Gasteiger partial charge in [0.25, 0.3) is 17.7 Å². The zero-order valence-electron chi connectivity index (χ0n) is 37.1. The molecule has 0 bridgehead atoms. The van der Waals surface area contributed by atoms with Crippen LogP contribution < -0.4 is 10.6 Å². The SMILES string of the molecule is CC(C)c1ncc(C(=O)Nc2c(C3C[C@H]4C(F)(F)[C@@]4(C)C3)ncc(CC(C)c3ncc(C(=O)Nc4c(C5OCCCO5)ccnc4C4CCC(F)(F)CC4)cn3)c2-c2ccccc2F)cn1. The van der Waals surface area contributed by atoms with E-state index in [1.165, 1.54) is 30.9 Å². The fraction of sp³-hybridized carbons (Fsp3) is 0.469. The van der Waals surface area contributed by atoms with Crippen molar-refractivity contribution in [2.75, 3.05) is 23.8 Å². The summed E-state index contributed by atoms with van der Waals surface area (Å²) in [5.41, 5.74) is 2.09. The summed E-state index contributed by atoms with van der Waals surface area (Å²) in [6, 6.07) is 7.83. The van der Waals surface area contributed by atoms with Gasteiger partial charge in [-0.25, -0.2) is 41.9 Å². The Morgan fingerprint density at radius 2 is 1.38 bits per heavy atom. The second kappa shape index (κ2) is 17.8. The molecular formula is C49H51F5N8O4. The number of amides is 2. The Hall–Kier alpha value is -5.81. The molecule has 5 aromatic rings. The van der Waals surface area contributed by atoms with Crippen molar-refractivity contribution in [1.29, 1.82) is 0 Å². The molecule has 12 nitrogen and oxygen atoms in total. The lowest BCUT2D eigenvalue weighted by molar-refractivity contribution is -0.182. The second-order valence-electron chi connectivity index (χ2n) is 18.7. The summed E-state index contributed by atoms with van der Waals surface area (Å²) >= 11 is 0. The van der Waals surface area contributed by atoms with Gasteiger partial charge >= 0.3 is 0 Å². The number of ether oxygens (including phenoxy) is 2. The Labute approximate surface area is 379 Å². The Morgan fingerprint density at radius 1 is 0.773 bits per heavy atom. The molecule has 346 valence electrons. The van der Waals surface area contributed by atoms with Crippen LogP contribution in [0, 0.1) is 17.2 Å². The summed E-state index contributed by atoms with van der Waals surface area (Å²) in [6.07, 6.45) is 9.00. The number of nitrogens with one attached hydrogen (secondary N) is 2. The van der Waals surface area contributed by atoms with E-state index in [2.05, 4.69) is 35.6 Å². The summed E-state index contributed by atoms with van der Waals surface area (Å²) in [7, 11) is 0. The zero-order chi connectivity index (χ0) is 46.5. The Morgan fingerprint density at radius 3 is 1.98 bits per heavy atom. The molecule has 17 heteroatoms. The van der Waals surface area contributed by atoms with Gasteiger partial charge in [0.05, 0.1) is 47.1 Å². The number of carbonyl (C=O) groups excluding carboxylic acids is 2. The molecule has 1 saturated heterocycles. The summed E-state index contributed by atoms with van der Waals surface area (Å²) in [6.45, 7) is 8.18. The fourth-order valence-corrected chi connectivity index (χ4v) is 9.95. The molecule has 9 rings (SSSR count). The Balaban J connectivity index is 1.02. The van der Waals surface area contributed by atoms with E-state index >= 15 is 4.39 Å². The topological polar surface area (TPSA) is 154 Å². The van der Waals surface area contributed by atoms with Gasteiger partial charge in [-0.05, 0) is 56.2 Å². The maximum Gasteiger partial charge on any atom is 0.258 e. The van der Waals surface area contributed by atoms with Gasteiger partial charge in [0, 0.05) is 102 Å². The second-order valence-corrected chi connectivity index (χ2v) is 18.7. The number of alkyl halides is 4. The predicted octanol–water partition coefficient (Wildman–Crippen LogP) is 10.7. The number of halogens is 5. The molecule has 1 aromatic carbocycles. The average molecular weight is 911 g/mol. The monoisotopic (exact) mass is 910 g/mol. The quantitative estimate of drug-likeness (QED) is 0.116. The molecule has 2 amide bonds. The molecule has 4 atom stereocenters. The van der Waals surface area contributed by atoms with Crippen LogP contribution in [-0.2, 0) is 15.9 Å². The van der Waals surface area contributed by atoms with E-state index < -0.39 is 58.9 Å². The predicted molar refractivity (Wildman–Crippen MR) is 234 cm³/mol. The van der Waals surface area contributed by atoms with E-state index in [1.807, 2.05) is 20.8 Å². The van der Waals surface area contributed by atoms with Crippen LogP contribution in [0.5, 0.6) is 0 Å². The van der Waals surface area contributed by atoms with Crippen molar-refractivity contribution in [3.8, 4) is 11.1 Å². The lowest BCUT2D eigenvalue weighted by Crippen LogP contribution is -2.26. The maximum absolute atomic E-state index is 16.0. The third-order valence-electron chi connectivity index (χ3n) is 13.8. The first-order valence-corrected chi connectivity index (χ1v) is 22.6. The van der Waals surface area contributed by atoms with Gasteiger partial charge in [0.2, 0.25) is 5.92 Å². The first-order chi connectivity index (χ1) is 31.5. The summed E-state index contributed by atoms with van der Waals surface area (Å²) in [4.78, 5) is 55.2. The molecule has 4 aromatic heterocycles. The number of hydrogen-bond donors (Lipinski definition) is 2. The van der Waals surface area contributed by atoms with E-state index in [-0.39, 0.29) is 79.2 Å². The van der Waals surface area contributed by atoms with Gasteiger partial charge in [0.1, 0.15) is 17.5 Å². The Kier molecular flexibility index (Phi) is 12.2. The standard InChI is InChI=1S/C49H51F5N8O4/c1-26(2)42-57-22-31(23-58-42)45(64)62-41-37(33-8-5-6-9-35(33)50)30(21-56-39(41)29-19-36-47(4,20-29)49(36,53)54)18-27(3)43-59-24-32(25-60-43)44(63)61-40-34(46-65-16-7-17-66-46)12-15-55-38(40)28-10-13-48(51,52)14-11-28/h5-6,8-9,12,15,21-29,36,46H,7,10-11,13-14,16-20H2,1-4H3,(H,61,63)(H,62,64)/t27?,29?,36-,47+/m1/s1. The van der Waals surface area contributed by atoms with Gasteiger partial charge in [-0.1, -0.05) is 45.9 Å². The van der Waals surface area contributed by atoms with Crippen molar-refractivity contribution in [2.45, 2.75) is 121 Å². The highest BCUT2D eigenvalue weighted by Gasteiger charge is 2.80. The minimum atomic E-state index is -2.80. The molecule has 3 aliphatic carbocycles. The van der Waals surface area contributed by atoms with Gasteiger partial charge in [0.15, 0.2) is 6.29 Å². The highest BCUT2D eigenvalue weighted by Crippen LogP contribution is 2.76. The third-order valence-corrected chi connectivity index (χ3v) is 13.8. The lowest BCUT2D eigenvalue weighted by atomic mass is 9.83. The number of pyridine rings is 2. The van der Waals surface area contributed by atoms with E-state index in [0.29, 0.717) is 65.0 Å². The van der Waals surface area contributed by atoms with Crippen molar-refractivity contribution in [1.82, 2.24) is 29.9 Å². The molecule has 0 radical (unpaired) electrons. The summed E-state index contributed by atoms with van der Waals surface area (Å²) in [5.74, 6) is -8.37. The van der Waals surface area contributed by atoms with E-state index in [9.17, 15) is 27.2 Å². The maximum atomic E-state index is 16.0. The number of rotatable bonds is 12. The molecule has 4 aliphatic rings. The van der Waals surface area contributed by atoms with Gasteiger partial charge in [-0.15, -0.1) is 0 Å². The summed E-state index contributed by atoms with van der Waals surface area (Å²) in [5, 5.41) is 5.95. The number of fused-ring (bicyclic) bond motifs is 1. The average Bonchev–Trinajstić information content (AvgIpc) is 3.51. The minimum absolute atomic E-state index is 0.0218. The number of aromatic nitrogens is 6. The van der Waals surface area contributed by atoms with Crippen LogP contribution in [-0.4, -0.2) is 66.8 Å². The van der Waals surface area contributed by atoms with Crippen molar-refractivity contribution in [3.63, 3.8) is 0 Å². The van der Waals surface area contributed by atoms with Crippen LogP contribution in [0.1, 0.15) is 157 Å². The van der Waals surface area contributed by atoms with Crippen molar-refractivity contribution >= 4 is 23.2 Å². The summed E-state index contributed by atoms with van der Waals surface area (Å²) < 4.78 is 85.9. The minimum Gasteiger partial charge on any atom is -0.348 e. The van der Waals surface area contributed by atoms with E-state index in [4.69, 9.17) is 14.5 Å². The smallest absolute Gasteiger partial charge is 0.258 e. The number of anilines is 2. The largest absolute Gasteiger partial charge is 0.348 e. The Bertz CT molecular complexity index is 2620. The molecule has 2 unspecified atom stereocenters. The van der Waals surface area contributed by atoms with E-state index in [0.717, 1.165) is 0 Å². The lowest BCUT2D eigenvalue weighted by Gasteiger charge is -2.31. The molecule has 1 aliphatic heterocycles. The van der Waals surface area contributed by atoms with Crippen LogP contribution in [0.2, 0.25) is 0 Å². The zero-order valence-corrected chi connectivity index (χ0v) is 37.1. The fourth-order valence-electron chi connectivity index (χ4n) is 9.95. The molecule has 5 heterocycles. The van der Waals surface area contributed by atoms with Crippen LogP contribution in [0.15, 0.2) is 67.5 Å². The molecule has 4 fully saturated rings. The van der Waals surface area contributed by atoms with Gasteiger partial charge in [-0.2, -0.15) is 0 Å². The van der Waals surface area contributed by atoms with Crippen molar-refractivity contribution in [2.24, 2.45) is 11.3 Å². The molecule has 3 saturated carbocycles. The third kappa shape index (κ3) is 8.67. The van der Waals surface area contributed by atoms with Crippen LogP contribution in [0.25, 0.3) is 11.1 Å². The van der Waals surface area contributed by atoms with Crippen LogP contribution >= 0.6 is 0 Å². The highest BCUT2D eigenvalue weighted by atomic mass is 19.3. The first kappa shape index (κ1) is 45.4. The molecule has 2 N–H and O–H groups in total. The van der Waals surface area contributed by atoms with Crippen LogP contribution in [0.3, 0.4) is 0 Å². The van der Waals surface area contributed by atoms with Gasteiger partial charge in [-0.3, -0.25) is 19.6 Å².